The van der Waals surface area contributed by atoms with Crippen LogP contribution in [0.25, 0.3) is 22.5 Å². The lowest BCUT2D eigenvalue weighted by Gasteiger charge is -2.29. The molecule has 0 spiro atoms. The number of alkyl halides is 3. The van der Waals surface area contributed by atoms with Gasteiger partial charge in [0.15, 0.2) is 17.5 Å². The number of fused-ring (bicyclic) bond motifs is 2. The predicted molar refractivity (Wildman–Crippen MR) is 199 cm³/mol. The number of halogens is 6. The molecule has 2 aromatic heterocycles. The molecule has 306 valence electrons. The van der Waals surface area contributed by atoms with Gasteiger partial charge in [0.05, 0.1) is 24.5 Å². The van der Waals surface area contributed by atoms with E-state index in [1.165, 1.54) is 24.3 Å². The van der Waals surface area contributed by atoms with Crippen molar-refractivity contribution in [2.24, 2.45) is 11.5 Å². The predicted octanol–water partition coefficient (Wildman–Crippen LogP) is 5.29. The number of benzene rings is 3. The minimum Gasteiger partial charge on any atom is -0.406 e. The van der Waals surface area contributed by atoms with Crippen LogP contribution in [-0.4, -0.2) is 77.5 Å². The molecule has 4 N–H and O–H groups in total. The molecule has 0 saturated heterocycles. The van der Waals surface area contributed by atoms with Crippen molar-refractivity contribution in [1.29, 1.82) is 0 Å². The van der Waals surface area contributed by atoms with Crippen molar-refractivity contribution in [2.75, 3.05) is 13.1 Å². The minimum atomic E-state index is -4.89. The number of amides is 2. The summed E-state index contributed by atoms with van der Waals surface area (Å²) in [6, 6.07) is 11.7. The number of carbonyl (C=O) groups is 2. The number of carbonyl (C=O) groups excluding carboxylic acids is 2. The first-order valence-corrected chi connectivity index (χ1v) is 18.8. The minimum absolute atomic E-state index is 0.0301. The monoisotopic (exact) mass is 809 g/mol. The van der Waals surface area contributed by atoms with Crippen LogP contribution in [0.2, 0.25) is 0 Å². The molecule has 12 nitrogen and oxygen atoms in total. The van der Waals surface area contributed by atoms with E-state index >= 15 is 4.39 Å². The highest BCUT2D eigenvalue weighted by Crippen LogP contribution is 2.37. The standard InChI is InChI=1S/C40H41F6N9O3/c1-2-33-50-51-35-22-53(11-13-54(33)35)37(57)20-28(48)18-26-17-25(6-10-30(26)41)39-38(24-4-7-29(8-5-24)58-40(44,45)46)49-34-21-52(12-14-55(34)39)36(56)19-27(47)15-23-3-9-31(42)32(43)16-23/h3-10,16-17,27-28H,2,11-15,18-22,47-48H2,1H3/t27-,28-/m1/s1. The van der Waals surface area contributed by atoms with Crippen LogP contribution in [0.5, 0.6) is 5.75 Å². The third kappa shape index (κ3) is 9.02. The van der Waals surface area contributed by atoms with E-state index < -0.39 is 41.6 Å². The molecular formula is C40H41F6N9O3. The summed E-state index contributed by atoms with van der Waals surface area (Å²) in [6.07, 6.45) is -4.11. The zero-order valence-electron chi connectivity index (χ0n) is 31.5. The summed E-state index contributed by atoms with van der Waals surface area (Å²) in [5.41, 5.74) is 15.3. The van der Waals surface area contributed by atoms with Crippen molar-refractivity contribution in [3.8, 4) is 28.3 Å². The van der Waals surface area contributed by atoms with Crippen LogP contribution in [0.4, 0.5) is 26.3 Å². The number of imidazole rings is 1. The highest BCUT2D eigenvalue weighted by Gasteiger charge is 2.32. The lowest BCUT2D eigenvalue weighted by Crippen LogP contribution is -2.41. The average Bonchev–Trinajstić information content (AvgIpc) is 3.77. The number of aryl methyl sites for hydroxylation is 1. The maximum atomic E-state index is 15.4. The van der Waals surface area contributed by atoms with Crippen molar-refractivity contribution in [3.63, 3.8) is 0 Å². The third-order valence-corrected chi connectivity index (χ3v) is 10.3. The molecule has 5 aromatic rings. The van der Waals surface area contributed by atoms with Gasteiger partial charge < -0.3 is 35.1 Å². The van der Waals surface area contributed by atoms with Gasteiger partial charge in [0, 0.05) is 68.7 Å². The van der Waals surface area contributed by atoms with Crippen molar-refractivity contribution < 1.29 is 40.7 Å². The Morgan fingerprint density at radius 2 is 1.36 bits per heavy atom. The van der Waals surface area contributed by atoms with Crippen LogP contribution in [0, 0.1) is 17.5 Å². The second-order valence-corrected chi connectivity index (χ2v) is 14.5. The molecular weight excluding hydrogens is 768 g/mol. The Labute approximate surface area is 329 Å². The Balaban J connectivity index is 1.11. The summed E-state index contributed by atoms with van der Waals surface area (Å²) in [5, 5.41) is 8.40. The smallest absolute Gasteiger partial charge is 0.406 e. The van der Waals surface area contributed by atoms with Gasteiger partial charge in [0.25, 0.3) is 0 Å². The van der Waals surface area contributed by atoms with E-state index in [0.29, 0.717) is 59.4 Å². The summed E-state index contributed by atoms with van der Waals surface area (Å²) in [6.45, 7) is 3.90. The second-order valence-electron chi connectivity index (χ2n) is 14.5. The Morgan fingerprint density at radius 1 is 0.741 bits per heavy atom. The van der Waals surface area contributed by atoms with Gasteiger partial charge >= 0.3 is 6.36 Å². The quantitative estimate of drug-likeness (QED) is 0.162. The van der Waals surface area contributed by atoms with Gasteiger partial charge in [-0.2, -0.15) is 0 Å². The molecule has 0 bridgehead atoms. The lowest BCUT2D eigenvalue weighted by molar-refractivity contribution is -0.274. The van der Waals surface area contributed by atoms with E-state index in [2.05, 4.69) is 14.9 Å². The second kappa shape index (κ2) is 16.6. The highest BCUT2D eigenvalue weighted by molar-refractivity contribution is 5.81. The Kier molecular flexibility index (Phi) is 11.6. The van der Waals surface area contributed by atoms with Crippen LogP contribution in [0.1, 0.15) is 48.4 Å². The highest BCUT2D eigenvalue weighted by atomic mass is 19.4. The number of hydrogen-bond donors (Lipinski definition) is 2. The van der Waals surface area contributed by atoms with Crippen molar-refractivity contribution in [3.05, 3.63) is 107 Å². The van der Waals surface area contributed by atoms with Gasteiger partial charge in [-0.1, -0.05) is 13.0 Å². The molecule has 0 fully saturated rings. The molecule has 18 heteroatoms. The molecule has 7 rings (SSSR count). The summed E-state index contributed by atoms with van der Waals surface area (Å²) >= 11 is 0. The zero-order valence-corrected chi connectivity index (χ0v) is 31.5. The molecule has 0 saturated carbocycles. The van der Waals surface area contributed by atoms with Gasteiger partial charge in [-0.05, 0) is 78.6 Å². The first kappa shape index (κ1) is 40.4. The van der Waals surface area contributed by atoms with E-state index in [-0.39, 0.29) is 62.7 Å². The van der Waals surface area contributed by atoms with Crippen LogP contribution in [-0.2, 0) is 55.0 Å². The van der Waals surface area contributed by atoms with Gasteiger partial charge in [-0.15, -0.1) is 23.4 Å². The molecule has 2 aliphatic rings. The summed E-state index contributed by atoms with van der Waals surface area (Å²) in [5.74, 6) is -1.41. The van der Waals surface area contributed by atoms with Crippen molar-refractivity contribution in [1.82, 2.24) is 34.1 Å². The van der Waals surface area contributed by atoms with Gasteiger partial charge in [0.2, 0.25) is 11.8 Å². The SMILES string of the molecule is CCc1nnc2n1CCN(C(=O)C[C@H](N)Cc1cc(-c3c(-c4ccc(OC(F)(F)F)cc4)nc4n3CCN(C(=O)C[C@H](N)Cc3ccc(F)c(F)c3)C4)ccc1F)C2. The summed E-state index contributed by atoms with van der Waals surface area (Å²) in [7, 11) is 0. The number of nitrogens with zero attached hydrogens (tertiary/aromatic N) is 7. The molecule has 0 radical (unpaired) electrons. The van der Waals surface area contributed by atoms with Crippen molar-refractivity contribution in [2.45, 2.75) is 83.7 Å². The number of ether oxygens (including phenoxy) is 1. The number of aromatic nitrogens is 5. The number of nitrogens with two attached hydrogens (primary N) is 2. The Bertz CT molecular complexity index is 2310. The number of hydrogen-bond acceptors (Lipinski definition) is 8. The normalized spacial score (nSPS) is 15.2. The molecule has 2 atom stereocenters. The van der Waals surface area contributed by atoms with Gasteiger partial charge in [0.1, 0.15) is 23.2 Å². The molecule has 2 aliphatic heterocycles. The molecule has 0 aliphatic carbocycles. The first-order chi connectivity index (χ1) is 27.6. The number of rotatable bonds is 12. The third-order valence-electron chi connectivity index (χ3n) is 10.3. The van der Waals surface area contributed by atoms with E-state index in [1.807, 2.05) is 16.1 Å². The molecule has 58 heavy (non-hydrogen) atoms. The van der Waals surface area contributed by atoms with E-state index in [1.54, 1.807) is 21.9 Å². The molecule has 0 unspecified atom stereocenters. The van der Waals surface area contributed by atoms with Crippen LogP contribution >= 0.6 is 0 Å². The van der Waals surface area contributed by atoms with Crippen LogP contribution < -0.4 is 16.2 Å². The Hall–Kier alpha value is -5.75. The first-order valence-electron chi connectivity index (χ1n) is 18.8. The maximum absolute atomic E-state index is 15.4. The molecule has 2 amide bonds. The van der Waals surface area contributed by atoms with Crippen molar-refractivity contribution >= 4 is 11.8 Å². The summed E-state index contributed by atoms with van der Waals surface area (Å²) in [4.78, 5) is 34.8. The maximum Gasteiger partial charge on any atom is 0.573 e. The van der Waals surface area contributed by atoms with Crippen LogP contribution in [0.3, 0.4) is 0 Å². The fourth-order valence-corrected chi connectivity index (χ4v) is 7.53. The topological polar surface area (TPSA) is 150 Å². The summed E-state index contributed by atoms with van der Waals surface area (Å²) < 4.78 is 89.4. The zero-order chi connectivity index (χ0) is 41.3. The average molecular weight is 810 g/mol. The largest absolute Gasteiger partial charge is 0.573 e. The molecule has 4 heterocycles. The fourth-order valence-electron chi connectivity index (χ4n) is 7.53. The van der Waals surface area contributed by atoms with E-state index in [0.717, 1.165) is 36.5 Å². The molecule has 3 aromatic carbocycles. The van der Waals surface area contributed by atoms with E-state index in [9.17, 15) is 31.5 Å². The fraction of sp³-hybridized carbons (Fsp3) is 0.375. The van der Waals surface area contributed by atoms with Crippen LogP contribution in [0.15, 0.2) is 60.7 Å². The lowest BCUT2D eigenvalue weighted by atomic mass is 9.97. The van der Waals surface area contributed by atoms with Gasteiger partial charge in [-0.3, -0.25) is 9.59 Å². The van der Waals surface area contributed by atoms with E-state index in [4.69, 9.17) is 16.5 Å². The van der Waals surface area contributed by atoms with Gasteiger partial charge in [-0.25, -0.2) is 18.2 Å². The Morgan fingerprint density at radius 3 is 2.02 bits per heavy atom.